The summed E-state index contributed by atoms with van der Waals surface area (Å²) >= 11 is 0. The Kier molecular flexibility index (Phi) is 4.75. The van der Waals surface area contributed by atoms with E-state index in [1.165, 1.54) is 0 Å². The normalized spacial score (nSPS) is 23.9. The zero-order valence-electron chi connectivity index (χ0n) is 10.4. The molecule has 1 amide bonds. The molecule has 4 heteroatoms. The van der Waals surface area contributed by atoms with Crippen molar-refractivity contribution in [3.8, 4) is 6.07 Å². The molecule has 1 aliphatic heterocycles. The van der Waals surface area contributed by atoms with E-state index in [0.717, 1.165) is 26.2 Å². The summed E-state index contributed by atoms with van der Waals surface area (Å²) in [4.78, 5) is 16.2. The molecule has 16 heavy (non-hydrogen) atoms. The van der Waals surface area contributed by atoms with E-state index in [0.29, 0.717) is 12.5 Å². The summed E-state index contributed by atoms with van der Waals surface area (Å²) in [6.45, 7) is 9.62. The maximum atomic E-state index is 12.0. The Labute approximate surface area is 97.8 Å². The van der Waals surface area contributed by atoms with Gasteiger partial charge in [-0.15, -0.1) is 0 Å². The van der Waals surface area contributed by atoms with Gasteiger partial charge in [0.1, 0.15) is 5.92 Å². The van der Waals surface area contributed by atoms with Gasteiger partial charge in [0.2, 0.25) is 5.91 Å². The Morgan fingerprint density at radius 3 is 2.62 bits per heavy atom. The largest absolute Gasteiger partial charge is 0.339 e. The predicted octanol–water partition coefficient (Wildman–Crippen LogP) is 1.09. The average Bonchev–Trinajstić information content (AvgIpc) is 2.30. The number of likely N-dealkylation sites (N-methyl/N-ethyl adjacent to an activating group) is 1. The molecular formula is C12H21N3O. The van der Waals surface area contributed by atoms with Crippen LogP contribution in [0.2, 0.25) is 0 Å². The van der Waals surface area contributed by atoms with Crippen molar-refractivity contribution in [1.82, 2.24) is 9.80 Å². The third-order valence-electron chi connectivity index (χ3n) is 3.35. The first-order chi connectivity index (χ1) is 7.63. The van der Waals surface area contributed by atoms with Crippen molar-refractivity contribution in [3.63, 3.8) is 0 Å². The van der Waals surface area contributed by atoms with Crippen LogP contribution in [-0.2, 0) is 4.79 Å². The molecule has 0 spiro atoms. The minimum atomic E-state index is -0.458. The van der Waals surface area contributed by atoms with Gasteiger partial charge in [0.05, 0.1) is 6.07 Å². The highest BCUT2D eigenvalue weighted by molar-refractivity contribution is 5.81. The third-order valence-corrected chi connectivity index (χ3v) is 3.35. The van der Waals surface area contributed by atoms with Gasteiger partial charge in [-0.1, -0.05) is 13.8 Å². The predicted molar refractivity (Wildman–Crippen MR) is 62.7 cm³/mol. The van der Waals surface area contributed by atoms with Crippen molar-refractivity contribution in [2.24, 2.45) is 5.92 Å². The Morgan fingerprint density at radius 1 is 1.50 bits per heavy atom. The molecule has 1 aliphatic rings. The van der Waals surface area contributed by atoms with Gasteiger partial charge in [0.25, 0.3) is 0 Å². The van der Waals surface area contributed by atoms with Gasteiger partial charge in [-0.05, 0) is 19.9 Å². The van der Waals surface area contributed by atoms with Crippen LogP contribution >= 0.6 is 0 Å². The molecule has 0 aromatic carbocycles. The van der Waals surface area contributed by atoms with Crippen molar-refractivity contribution in [2.75, 3.05) is 26.2 Å². The lowest BCUT2D eigenvalue weighted by molar-refractivity contribution is -0.136. The monoisotopic (exact) mass is 223 g/mol. The Morgan fingerprint density at radius 2 is 2.19 bits per heavy atom. The zero-order valence-corrected chi connectivity index (χ0v) is 10.4. The number of carbonyl (C=O) groups is 1. The maximum Gasteiger partial charge on any atom is 0.240 e. The molecule has 0 bridgehead atoms. The smallest absolute Gasteiger partial charge is 0.240 e. The highest BCUT2D eigenvalue weighted by Gasteiger charge is 2.29. The Bertz CT molecular complexity index is 284. The van der Waals surface area contributed by atoms with Gasteiger partial charge < -0.3 is 4.90 Å². The van der Waals surface area contributed by atoms with Crippen molar-refractivity contribution in [1.29, 1.82) is 5.26 Å². The summed E-state index contributed by atoms with van der Waals surface area (Å²) in [7, 11) is 0. The fourth-order valence-electron chi connectivity index (χ4n) is 2.21. The molecular weight excluding hydrogens is 202 g/mol. The van der Waals surface area contributed by atoms with E-state index in [-0.39, 0.29) is 5.91 Å². The Balaban J connectivity index is 2.58. The van der Waals surface area contributed by atoms with Crippen LogP contribution in [0.25, 0.3) is 0 Å². The summed E-state index contributed by atoms with van der Waals surface area (Å²) in [5.74, 6) is -0.451. The van der Waals surface area contributed by atoms with E-state index in [9.17, 15) is 4.79 Å². The second-order valence-corrected chi connectivity index (χ2v) is 4.35. The fraction of sp³-hybridized carbons (Fsp3) is 0.833. The van der Waals surface area contributed by atoms with E-state index in [2.05, 4.69) is 24.8 Å². The zero-order chi connectivity index (χ0) is 12.1. The van der Waals surface area contributed by atoms with Crippen LogP contribution in [0, 0.1) is 17.2 Å². The Hall–Kier alpha value is -1.08. The molecule has 2 atom stereocenters. The summed E-state index contributed by atoms with van der Waals surface area (Å²) < 4.78 is 0. The van der Waals surface area contributed by atoms with Crippen LogP contribution in [0.3, 0.4) is 0 Å². The SMILES string of the molecule is CCC(C#N)C(=O)N1CCN(CC)C(C)C1. The van der Waals surface area contributed by atoms with Crippen LogP contribution in [0.5, 0.6) is 0 Å². The van der Waals surface area contributed by atoms with Crippen LogP contribution < -0.4 is 0 Å². The first-order valence-corrected chi connectivity index (χ1v) is 6.06. The topological polar surface area (TPSA) is 47.3 Å². The second-order valence-electron chi connectivity index (χ2n) is 4.35. The summed E-state index contributed by atoms with van der Waals surface area (Å²) in [5.41, 5.74) is 0. The quantitative estimate of drug-likeness (QED) is 0.719. The standard InChI is InChI=1S/C12H21N3O/c1-4-11(8-13)12(16)15-7-6-14(5-2)10(3)9-15/h10-11H,4-7,9H2,1-3H3. The molecule has 1 saturated heterocycles. The molecule has 0 aromatic rings. The molecule has 0 radical (unpaired) electrons. The van der Waals surface area contributed by atoms with Gasteiger partial charge in [0.15, 0.2) is 0 Å². The highest BCUT2D eigenvalue weighted by Crippen LogP contribution is 2.13. The van der Waals surface area contributed by atoms with Crippen molar-refractivity contribution in [3.05, 3.63) is 0 Å². The third kappa shape index (κ3) is 2.73. The first-order valence-electron chi connectivity index (χ1n) is 6.06. The van der Waals surface area contributed by atoms with E-state index in [1.54, 1.807) is 0 Å². The second kappa shape index (κ2) is 5.86. The molecule has 4 nitrogen and oxygen atoms in total. The number of hydrogen-bond donors (Lipinski definition) is 0. The number of rotatable bonds is 3. The fourth-order valence-corrected chi connectivity index (χ4v) is 2.21. The van der Waals surface area contributed by atoms with Crippen LogP contribution in [0.1, 0.15) is 27.2 Å². The van der Waals surface area contributed by atoms with Crippen LogP contribution in [0.15, 0.2) is 0 Å². The van der Waals surface area contributed by atoms with Crippen LogP contribution in [-0.4, -0.2) is 47.9 Å². The van der Waals surface area contributed by atoms with Gasteiger partial charge >= 0.3 is 0 Å². The van der Waals surface area contributed by atoms with E-state index >= 15 is 0 Å². The van der Waals surface area contributed by atoms with Gasteiger partial charge in [-0.3, -0.25) is 9.69 Å². The number of carbonyl (C=O) groups excluding carboxylic acids is 1. The number of piperazine rings is 1. The molecule has 0 saturated carbocycles. The lowest BCUT2D eigenvalue weighted by Gasteiger charge is -2.39. The average molecular weight is 223 g/mol. The van der Waals surface area contributed by atoms with E-state index in [4.69, 9.17) is 5.26 Å². The summed E-state index contributed by atoms with van der Waals surface area (Å²) in [6.07, 6.45) is 0.609. The van der Waals surface area contributed by atoms with Crippen molar-refractivity contribution in [2.45, 2.75) is 33.2 Å². The summed E-state index contributed by atoms with van der Waals surface area (Å²) in [6, 6.07) is 2.49. The molecule has 1 fully saturated rings. The highest BCUT2D eigenvalue weighted by atomic mass is 16.2. The van der Waals surface area contributed by atoms with Crippen molar-refractivity contribution >= 4 is 5.91 Å². The summed E-state index contributed by atoms with van der Waals surface area (Å²) in [5, 5.41) is 8.88. The van der Waals surface area contributed by atoms with E-state index in [1.807, 2.05) is 11.8 Å². The molecule has 0 aromatic heterocycles. The molecule has 0 aliphatic carbocycles. The minimum absolute atomic E-state index is 0.00704. The van der Waals surface area contributed by atoms with Gasteiger partial charge in [-0.2, -0.15) is 5.26 Å². The maximum absolute atomic E-state index is 12.0. The molecule has 0 N–H and O–H groups in total. The first kappa shape index (κ1) is 13.0. The van der Waals surface area contributed by atoms with Gasteiger partial charge in [-0.25, -0.2) is 0 Å². The van der Waals surface area contributed by atoms with Crippen molar-refractivity contribution < 1.29 is 4.79 Å². The lowest BCUT2D eigenvalue weighted by atomic mass is 10.1. The number of amides is 1. The molecule has 2 unspecified atom stereocenters. The van der Waals surface area contributed by atoms with Crippen LogP contribution in [0.4, 0.5) is 0 Å². The molecule has 1 rings (SSSR count). The molecule has 1 heterocycles. The van der Waals surface area contributed by atoms with E-state index < -0.39 is 5.92 Å². The number of hydrogen-bond acceptors (Lipinski definition) is 3. The van der Waals surface area contributed by atoms with Gasteiger partial charge in [0, 0.05) is 25.7 Å². The molecule has 90 valence electrons. The number of nitriles is 1. The number of nitrogens with zero attached hydrogens (tertiary/aromatic N) is 3. The lowest BCUT2D eigenvalue weighted by Crippen LogP contribution is -2.54. The minimum Gasteiger partial charge on any atom is -0.339 e.